The zero-order valence-electron chi connectivity index (χ0n) is 19.0. The minimum absolute atomic E-state index is 0.00143. The first kappa shape index (κ1) is 26.5. The number of benzene rings is 2. The predicted octanol–water partition coefficient (Wildman–Crippen LogP) is 4.19. The SMILES string of the molecule is CCC1(C(=O)c2ccc(C(F)(F)F)cc2S(C)(=O)=O)C(C)=NN=C1OS(=O)(=O)c1ccc(C)cc1. The molecule has 1 aliphatic rings. The molecule has 35 heavy (non-hydrogen) atoms. The Morgan fingerprint density at radius 3 is 2.11 bits per heavy atom. The Bertz CT molecular complexity index is 1460. The Kier molecular flexibility index (Phi) is 6.72. The van der Waals surface area contributed by atoms with E-state index in [2.05, 4.69) is 10.2 Å². The molecule has 1 atom stereocenters. The number of aryl methyl sites for hydroxylation is 1. The van der Waals surface area contributed by atoms with Gasteiger partial charge in [-0.25, -0.2) is 8.42 Å². The number of Topliss-reactive ketones (excluding diaryl/α,β-unsaturated/α-hetero) is 1. The number of sulfone groups is 1. The van der Waals surface area contributed by atoms with Gasteiger partial charge in [0.2, 0.25) is 5.90 Å². The lowest BCUT2D eigenvalue weighted by Crippen LogP contribution is -2.45. The van der Waals surface area contributed by atoms with Gasteiger partial charge in [-0.05, 0) is 50.6 Å². The largest absolute Gasteiger partial charge is 0.416 e. The summed E-state index contributed by atoms with van der Waals surface area (Å²) in [6, 6.07) is 7.35. The summed E-state index contributed by atoms with van der Waals surface area (Å²) in [6.45, 7) is 4.60. The Labute approximate surface area is 200 Å². The van der Waals surface area contributed by atoms with Gasteiger partial charge in [-0.3, -0.25) is 4.79 Å². The molecular weight excluding hydrogens is 509 g/mol. The van der Waals surface area contributed by atoms with E-state index in [1.165, 1.54) is 38.1 Å². The summed E-state index contributed by atoms with van der Waals surface area (Å²) >= 11 is 0. The summed E-state index contributed by atoms with van der Waals surface area (Å²) in [4.78, 5) is 12.7. The fourth-order valence-electron chi connectivity index (χ4n) is 3.64. The van der Waals surface area contributed by atoms with E-state index >= 15 is 0 Å². The van der Waals surface area contributed by atoms with Crippen molar-refractivity contribution in [2.75, 3.05) is 6.26 Å². The number of carbonyl (C=O) groups excluding carboxylic acids is 1. The number of rotatable bonds is 6. The van der Waals surface area contributed by atoms with Gasteiger partial charge in [0.15, 0.2) is 21.0 Å². The second-order valence-corrected chi connectivity index (χ2v) is 11.5. The quantitative estimate of drug-likeness (QED) is 0.408. The zero-order chi connectivity index (χ0) is 26.4. The maximum Gasteiger partial charge on any atom is 0.416 e. The summed E-state index contributed by atoms with van der Waals surface area (Å²) < 4.78 is 95.3. The Morgan fingerprint density at radius 2 is 1.60 bits per heavy atom. The molecule has 2 aromatic rings. The van der Waals surface area contributed by atoms with Crippen LogP contribution in [0.4, 0.5) is 13.2 Å². The van der Waals surface area contributed by atoms with E-state index in [9.17, 15) is 34.8 Å². The second-order valence-electron chi connectivity index (χ2n) is 8.01. The van der Waals surface area contributed by atoms with Gasteiger partial charge < -0.3 is 4.18 Å². The smallest absolute Gasteiger partial charge is 0.360 e. The highest BCUT2D eigenvalue weighted by atomic mass is 32.2. The average molecular weight is 531 g/mol. The molecule has 0 radical (unpaired) electrons. The molecule has 0 saturated heterocycles. The Balaban J connectivity index is 2.14. The number of hydrogen-bond donors (Lipinski definition) is 0. The van der Waals surface area contributed by atoms with E-state index in [0.29, 0.717) is 18.4 Å². The van der Waals surface area contributed by atoms with Crippen LogP contribution in [0, 0.1) is 12.3 Å². The number of nitrogens with zero attached hydrogens (tertiary/aromatic N) is 2. The van der Waals surface area contributed by atoms with Crippen molar-refractivity contribution in [1.82, 2.24) is 0 Å². The van der Waals surface area contributed by atoms with Crippen LogP contribution in [0.5, 0.6) is 0 Å². The first-order chi connectivity index (χ1) is 16.0. The van der Waals surface area contributed by atoms with Crippen molar-refractivity contribution in [2.24, 2.45) is 15.6 Å². The molecule has 0 spiro atoms. The highest BCUT2D eigenvalue weighted by Gasteiger charge is 2.52. The molecule has 0 bridgehead atoms. The summed E-state index contributed by atoms with van der Waals surface area (Å²) in [5.41, 5.74) is -2.99. The topological polar surface area (TPSA) is 119 Å². The molecule has 0 aromatic heterocycles. The van der Waals surface area contributed by atoms with Crippen LogP contribution < -0.4 is 0 Å². The summed E-state index contributed by atoms with van der Waals surface area (Å²) in [7, 11) is -8.77. The van der Waals surface area contributed by atoms with Crippen LogP contribution >= 0.6 is 0 Å². The number of hydrogen-bond acceptors (Lipinski definition) is 8. The zero-order valence-corrected chi connectivity index (χ0v) is 20.7. The van der Waals surface area contributed by atoms with Gasteiger partial charge in [-0.1, -0.05) is 24.6 Å². The van der Waals surface area contributed by atoms with Gasteiger partial charge in [0.1, 0.15) is 4.90 Å². The van der Waals surface area contributed by atoms with Crippen molar-refractivity contribution in [2.45, 2.75) is 43.2 Å². The van der Waals surface area contributed by atoms with Crippen molar-refractivity contribution in [3.05, 3.63) is 59.2 Å². The van der Waals surface area contributed by atoms with Crippen LogP contribution in [0.2, 0.25) is 0 Å². The lowest BCUT2D eigenvalue weighted by Gasteiger charge is -2.28. The Hall–Kier alpha value is -3.06. The van der Waals surface area contributed by atoms with Crippen molar-refractivity contribution < 1.29 is 39.0 Å². The van der Waals surface area contributed by atoms with Gasteiger partial charge >= 0.3 is 16.3 Å². The molecule has 0 fully saturated rings. The van der Waals surface area contributed by atoms with Crippen molar-refractivity contribution in [1.29, 1.82) is 0 Å². The van der Waals surface area contributed by atoms with E-state index in [1.54, 1.807) is 6.92 Å². The molecule has 188 valence electrons. The molecule has 0 N–H and O–H groups in total. The molecule has 3 rings (SSSR count). The monoisotopic (exact) mass is 530 g/mol. The van der Waals surface area contributed by atoms with Gasteiger partial charge in [-0.2, -0.15) is 26.7 Å². The molecule has 1 aliphatic heterocycles. The van der Waals surface area contributed by atoms with Gasteiger partial charge in [-0.15, -0.1) is 5.10 Å². The fraction of sp³-hybridized carbons (Fsp3) is 0.318. The molecule has 13 heteroatoms. The third kappa shape index (κ3) is 4.87. The van der Waals surface area contributed by atoms with E-state index in [0.717, 1.165) is 11.6 Å². The third-order valence-corrected chi connectivity index (χ3v) is 8.01. The lowest BCUT2D eigenvalue weighted by atomic mass is 9.74. The molecule has 1 heterocycles. The average Bonchev–Trinajstić information content (AvgIpc) is 3.07. The summed E-state index contributed by atoms with van der Waals surface area (Å²) in [6.07, 6.45) is -4.35. The first-order valence-electron chi connectivity index (χ1n) is 10.1. The van der Waals surface area contributed by atoms with Crippen LogP contribution in [0.25, 0.3) is 0 Å². The maximum absolute atomic E-state index is 13.7. The van der Waals surface area contributed by atoms with Crippen molar-refractivity contribution in [3.8, 4) is 0 Å². The molecule has 8 nitrogen and oxygen atoms in total. The fourth-order valence-corrected chi connectivity index (χ4v) is 5.49. The summed E-state index contributed by atoms with van der Waals surface area (Å²) in [5.74, 6) is -1.63. The molecule has 0 aliphatic carbocycles. The van der Waals surface area contributed by atoms with Crippen LogP contribution in [0.15, 0.2) is 62.5 Å². The summed E-state index contributed by atoms with van der Waals surface area (Å²) in [5, 5.41) is 7.51. The van der Waals surface area contributed by atoms with Crippen LogP contribution in [-0.4, -0.2) is 40.5 Å². The molecular formula is C22H21F3N2O6S2. The van der Waals surface area contributed by atoms with Crippen molar-refractivity contribution in [3.63, 3.8) is 0 Å². The lowest BCUT2D eigenvalue weighted by molar-refractivity contribution is -0.137. The second kappa shape index (κ2) is 8.86. The molecule has 2 aromatic carbocycles. The number of carbonyl (C=O) groups is 1. The predicted molar refractivity (Wildman–Crippen MR) is 122 cm³/mol. The minimum Gasteiger partial charge on any atom is -0.360 e. The van der Waals surface area contributed by atoms with Gasteiger partial charge in [0, 0.05) is 11.8 Å². The normalized spacial score (nSPS) is 18.7. The van der Waals surface area contributed by atoms with E-state index in [-0.39, 0.29) is 17.0 Å². The molecule has 0 amide bonds. The minimum atomic E-state index is -4.86. The van der Waals surface area contributed by atoms with Crippen LogP contribution in [-0.2, 0) is 30.3 Å². The first-order valence-corrected chi connectivity index (χ1v) is 13.4. The number of ketones is 1. The van der Waals surface area contributed by atoms with Crippen LogP contribution in [0.3, 0.4) is 0 Å². The standard InChI is InChI=1S/C22H21F3N2O6S2/c1-5-21(19(28)17-11-8-15(22(23,24)25)12-18(17)34(4,29)30)14(3)26-27-20(21)33-35(31,32)16-9-6-13(2)7-10-16/h6-12H,5H2,1-4H3. The van der Waals surface area contributed by atoms with E-state index < -0.39 is 59.3 Å². The van der Waals surface area contributed by atoms with E-state index in [4.69, 9.17) is 4.18 Å². The van der Waals surface area contributed by atoms with Crippen LogP contribution in [0.1, 0.15) is 41.8 Å². The third-order valence-electron chi connectivity index (χ3n) is 5.64. The van der Waals surface area contributed by atoms with E-state index in [1.807, 2.05) is 0 Å². The number of halogens is 3. The maximum atomic E-state index is 13.7. The highest BCUT2D eigenvalue weighted by molar-refractivity contribution is 7.90. The Morgan fingerprint density at radius 1 is 1.00 bits per heavy atom. The molecule has 1 unspecified atom stereocenters. The number of alkyl halides is 3. The molecule has 0 saturated carbocycles. The van der Waals surface area contributed by atoms with Gasteiger partial charge in [0.05, 0.1) is 16.2 Å². The van der Waals surface area contributed by atoms with Crippen molar-refractivity contribution >= 4 is 37.3 Å². The van der Waals surface area contributed by atoms with Gasteiger partial charge in [0.25, 0.3) is 0 Å². The highest BCUT2D eigenvalue weighted by Crippen LogP contribution is 2.39.